The van der Waals surface area contributed by atoms with Gasteiger partial charge in [0.05, 0.1) is 12.0 Å². The minimum absolute atomic E-state index is 0.217. The van der Waals surface area contributed by atoms with Gasteiger partial charge in [-0.25, -0.2) is 4.99 Å². The van der Waals surface area contributed by atoms with Crippen LogP contribution in [0.2, 0.25) is 0 Å². The minimum Gasteiger partial charge on any atom is -0.435 e. The molecule has 0 aliphatic rings. The van der Waals surface area contributed by atoms with Gasteiger partial charge in [0.2, 0.25) is 0 Å². The van der Waals surface area contributed by atoms with Gasteiger partial charge in [-0.1, -0.05) is 24.3 Å². The largest absolute Gasteiger partial charge is 0.435 e. The third kappa shape index (κ3) is 5.28. The van der Waals surface area contributed by atoms with E-state index >= 15 is 0 Å². The van der Waals surface area contributed by atoms with Crippen molar-refractivity contribution in [3.63, 3.8) is 0 Å². The lowest BCUT2D eigenvalue weighted by atomic mass is 9.96. The van der Waals surface area contributed by atoms with Crippen molar-refractivity contribution in [2.45, 2.75) is 33.8 Å². The summed E-state index contributed by atoms with van der Waals surface area (Å²) in [5.74, 6) is 0.217. The SMILES string of the molecule is CCN(C)C=Nc1cc(C)cc(Cc2ccccc2OC(F)F)c1C. The molecule has 0 radical (unpaired) electrons. The van der Waals surface area contributed by atoms with Crippen molar-refractivity contribution in [3.8, 4) is 5.75 Å². The Morgan fingerprint density at radius 3 is 2.56 bits per heavy atom. The summed E-state index contributed by atoms with van der Waals surface area (Å²) in [5.41, 5.74) is 4.80. The zero-order valence-corrected chi connectivity index (χ0v) is 15.1. The van der Waals surface area contributed by atoms with Gasteiger partial charge in [0.25, 0.3) is 0 Å². The Morgan fingerprint density at radius 2 is 1.88 bits per heavy atom. The Hall–Kier alpha value is -2.43. The normalized spacial score (nSPS) is 11.3. The molecular weight excluding hydrogens is 322 g/mol. The van der Waals surface area contributed by atoms with Gasteiger partial charge in [-0.05, 0) is 55.2 Å². The molecule has 0 saturated carbocycles. The van der Waals surface area contributed by atoms with Crippen molar-refractivity contribution >= 4 is 12.0 Å². The number of aliphatic imine (C=N–C) groups is 1. The van der Waals surface area contributed by atoms with Crippen LogP contribution in [0, 0.1) is 13.8 Å². The van der Waals surface area contributed by atoms with Gasteiger partial charge >= 0.3 is 6.61 Å². The lowest BCUT2D eigenvalue weighted by Gasteiger charge is -2.14. The third-order valence-corrected chi connectivity index (χ3v) is 4.09. The van der Waals surface area contributed by atoms with E-state index in [2.05, 4.69) is 22.7 Å². The highest BCUT2D eigenvalue weighted by Crippen LogP contribution is 2.29. The highest BCUT2D eigenvalue weighted by atomic mass is 19.3. The average molecular weight is 346 g/mol. The molecule has 0 N–H and O–H groups in total. The second kappa shape index (κ2) is 8.60. The number of ether oxygens (including phenoxy) is 1. The van der Waals surface area contributed by atoms with E-state index in [1.165, 1.54) is 0 Å². The quantitative estimate of drug-likeness (QED) is 0.514. The van der Waals surface area contributed by atoms with Crippen molar-refractivity contribution in [1.29, 1.82) is 0 Å². The molecule has 0 amide bonds. The number of nitrogens with zero attached hydrogens (tertiary/aromatic N) is 2. The second-order valence-corrected chi connectivity index (χ2v) is 6.05. The van der Waals surface area contributed by atoms with Gasteiger partial charge in [-0.3, -0.25) is 0 Å². The number of hydrogen-bond acceptors (Lipinski definition) is 2. The minimum atomic E-state index is -2.83. The average Bonchev–Trinajstić information content (AvgIpc) is 2.57. The predicted octanol–water partition coefficient (Wildman–Crippen LogP) is 5.11. The molecule has 0 aromatic heterocycles. The molecule has 2 rings (SSSR count). The maximum absolute atomic E-state index is 12.6. The molecule has 0 aliphatic heterocycles. The Kier molecular flexibility index (Phi) is 6.51. The van der Waals surface area contributed by atoms with Crippen molar-refractivity contribution in [2.75, 3.05) is 13.6 Å². The van der Waals surface area contributed by atoms with Crippen LogP contribution in [0.1, 0.15) is 29.2 Å². The van der Waals surface area contributed by atoms with E-state index in [-0.39, 0.29) is 5.75 Å². The Bertz CT molecular complexity index is 744. The van der Waals surface area contributed by atoms with E-state index in [4.69, 9.17) is 0 Å². The van der Waals surface area contributed by atoms with Gasteiger partial charge in [-0.15, -0.1) is 0 Å². The molecule has 0 heterocycles. The summed E-state index contributed by atoms with van der Waals surface area (Å²) < 4.78 is 29.9. The summed E-state index contributed by atoms with van der Waals surface area (Å²) >= 11 is 0. The first-order valence-corrected chi connectivity index (χ1v) is 8.28. The van der Waals surface area contributed by atoms with Gasteiger partial charge in [0.1, 0.15) is 5.75 Å². The highest BCUT2D eigenvalue weighted by Gasteiger charge is 2.12. The molecule has 0 fully saturated rings. The molecule has 2 aromatic carbocycles. The van der Waals surface area contributed by atoms with Crippen molar-refractivity contribution in [1.82, 2.24) is 4.90 Å². The van der Waals surface area contributed by atoms with Crippen LogP contribution in [0.3, 0.4) is 0 Å². The van der Waals surface area contributed by atoms with Gasteiger partial charge < -0.3 is 9.64 Å². The standard InChI is InChI=1S/C20H24F2N2O/c1-5-24(4)13-23-18-11-14(2)10-17(15(18)3)12-16-8-6-7-9-19(16)25-20(21)22/h6-11,13,20H,5,12H2,1-4H3. The number of para-hydroxylation sites is 1. The number of rotatable bonds is 7. The molecule has 5 heteroatoms. The number of aryl methyl sites for hydroxylation is 1. The lowest BCUT2D eigenvalue weighted by Crippen LogP contribution is -2.14. The first kappa shape index (κ1) is 18.9. The van der Waals surface area contributed by atoms with E-state index < -0.39 is 6.61 Å². The van der Waals surface area contributed by atoms with E-state index in [0.29, 0.717) is 6.42 Å². The first-order chi connectivity index (χ1) is 11.9. The van der Waals surface area contributed by atoms with Crippen molar-refractivity contribution < 1.29 is 13.5 Å². The Labute approximate surface area is 148 Å². The van der Waals surface area contributed by atoms with Crippen LogP contribution < -0.4 is 4.74 Å². The fraction of sp³-hybridized carbons (Fsp3) is 0.350. The van der Waals surface area contributed by atoms with Crippen LogP contribution in [0.4, 0.5) is 14.5 Å². The van der Waals surface area contributed by atoms with E-state index in [1.54, 1.807) is 18.5 Å². The summed E-state index contributed by atoms with van der Waals surface area (Å²) in [4.78, 5) is 6.55. The zero-order chi connectivity index (χ0) is 18.4. The summed E-state index contributed by atoms with van der Waals surface area (Å²) in [6.45, 7) is 4.11. The van der Waals surface area contributed by atoms with Crippen molar-refractivity contribution in [3.05, 3.63) is 58.7 Å². The fourth-order valence-corrected chi connectivity index (χ4v) is 2.54. The van der Waals surface area contributed by atoms with Crippen LogP contribution in [0.15, 0.2) is 41.4 Å². The number of hydrogen-bond donors (Lipinski definition) is 0. The summed E-state index contributed by atoms with van der Waals surface area (Å²) in [6, 6.07) is 11.0. The maximum atomic E-state index is 12.6. The summed E-state index contributed by atoms with van der Waals surface area (Å²) in [6.07, 6.45) is 2.32. The molecule has 0 aliphatic carbocycles. The van der Waals surface area contributed by atoms with Gasteiger partial charge in [0, 0.05) is 20.0 Å². The number of alkyl halides is 2. The molecule has 2 aromatic rings. The monoisotopic (exact) mass is 346 g/mol. The van der Waals surface area contributed by atoms with Crippen LogP contribution in [0.25, 0.3) is 0 Å². The predicted molar refractivity (Wildman–Crippen MR) is 98.3 cm³/mol. The summed E-state index contributed by atoms with van der Waals surface area (Å²) in [5, 5.41) is 0. The van der Waals surface area contributed by atoms with E-state index in [1.807, 2.05) is 44.0 Å². The van der Waals surface area contributed by atoms with E-state index in [9.17, 15) is 8.78 Å². The molecule has 134 valence electrons. The first-order valence-electron chi connectivity index (χ1n) is 8.28. The van der Waals surface area contributed by atoms with Crippen LogP contribution in [-0.2, 0) is 6.42 Å². The third-order valence-electron chi connectivity index (χ3n) is 4.09. The molecule has 0 bridgehead atoms. The maximum Gasteiger partial charge on any atom is 0.387 e. The van der Waals surface area contributed by atoms with Crippen LogP contribution in [-0.4, -0.2) is 31.4 Å². The lowest BCUT2D eigenvalue weighted by molar-refractivity contribution is -0.0503. The Balaban J connectivity index is 2.35. The molecular formula is C20H24F2N2O. The molecule has 0 atom stereocenters. The van der Waals surface area contributed by atoms with Crippen LogP contribution in [0.5, 0.6) is 5.75 Å². The summed E-state index contributed by atoms with van der Waals surface area (Å²) in [7, 11) is 1.97. The van der Waals surface area contributed by atoms with Crippen molar-refractivity contribution in [2.24, 2.45) is 4.99 Å². The molecule has 3 nitrogen and oxygen atoms in total. The number of halogens is 2. The Morgan fingerprint density at radius 1 is 1.16 bits per heavy atom. The molecule has 25 heavy (non-hydrogen) atoms. The van der Waals surface area contributed by atoms with E-state index in [0.717, 1.165) is 34.5 Å². The molecule has 0 spiro atoms. The van der Waals surface area contributed by atoms with Crippen LogP contribution >= 0.6 is 0 Å². The highest BCUT2D eigenvalue weighted by molar-refractivity contribution is 5.64. The zero-order valence-electron chi connectivity index (χ0n) is 15.1. The smallest absolute Gasteiger partial charge is 0.387 e. The van der Waals surface area contributed by atoms with Gasteiger partial charge in [0.15, 0.2) is 0 Å². The second-order valence-electron chi connectivity index (χ2n) is 6.05. The molecule has 0 unspecified atom stereocenters. The number of benzene rings is 2. The topological polar surface area (TPSA) is 24.8 Å². The fourth-order valence-electron chi connectivity index (χ4n) is 2.54. The van der Waals surface area contributed by atoms with Gasteiger partial charge in [-0.2, -0.15) is 8.78 Å². The molecule has 0 saturated heterocycles.